The Labute approximate surface area is 173 Å². The number of likely N-dealkylation sites (N-methyl/N-ethyl adjacent to an activating group) is 1. The van der Waals surface area contributed by atoms with Gasteiger partial charge in [0.1, 0.15) is 24.2 Å². The standard InChI is InChI=1S/C23H31NO5/c1-24(2)16-21(28-14-13-23(25)26)17-29-22-10-5-4-8-19(22)12-11-18-7-6-9-20(15-18)27-3/h4-10,15,21H,11-14,16-17H2,1-3H3,(H,25,26). The number of carboxylic acids is 1. The van der Waals surface area contributed by atoms with Crippen LogP contribution in [0.2, 0.25) is 0 Å². The van der Waals surface area contributed by atoms with E-state index >= 15 is 0 Å². The van der Waals surface area contributed by atoms with Crippen LogP contribution in [0.15, 0.2) is 48.5 Å². The fourth-order valence-corrected chi connectivity index (χ4v) is 3.01. The lowest BCUT2D eigenvalue weighted by Crippen LogP contribution is -2.34. The number of methoxy groups -OCH3 is 1. The minimum Gasteiger partial charge on any atom is -0.497 e. The molecule has 1 atom stereocenters. The zero-order valence-corrected chi connectivity index (χ0v) is 17.5. The van der Waals surface area contributed by atoms with Gasteiger partial charge in [-0.15, -0.1) is 0 Å². The lowest BCUT2D eigenvalue weighted by molar-refractivity contribution is -0.138. The number of ether oxygens (including phenoxy) is 3. The van der Waals surface area contributed by atoms with Crippen LogP contribution in [0, 0.1) is 0 Å². The molecule has 2 aromatic rings. The van der Waals surface area contributed by atoms with E-state index in [0.29, 0.717) is 13.2 Å². The van der Waals surface area contributed by atoms with E-state index in [1.165, 1.54) is 5.56 Å². The van der Waals surface area contributed by atoms with Crippen LogP contribution in [0.3, 0.4) is 0 Å². The maximum absolute atomic E-state index is 10.7. The lowest BCUT2D eigenvalue weighted by atomic mass is 10.0. The Morgan fingerprint density at radius 1 is 1.10 bits per heavy atom. The second kappa shape index (κ2) is 12.1. The van der Waals surface area contributed by atoms with Crippen molar-refractivity contribution in [2.24, 2.45) is 0 Å². The number of carboxylic acid groups (broad SMARTS) is 1. The largest absolute Gasteiger partial charge is 0.497 e. The fourth-order valence-electron chi connectivity index (χ4n) is 3.01. The highest BCUT2D eigenvalue weighted by atomic mass is 16.5. The highest BCUT2D eigenvalue weighted by molar-refractivity contribution is 5.66. The molecule has 6 nitrogen and oxygen atoms in total. The van der Waals surface area contributed by atoms with E-state index < -0.39 is 5.97 Å². The van der Waals surface area contributed by atoms with Crippen molar-refractivity contribution in [2.45, 2.75) is 25.4 Å². The van der Waals surface area contributed by atoms with Crippen LogP contribution in [0.25, 0.3) is 0 Å². The van der Waals surface area contributed by atoms with E-state index in [-0.39, 0.29) is 19.1 Å². The molecular weight excluding hydrogens is 370 g/mol. The third-order valence-electron chi connectivity index (χ3n) is 4.45. The van der Waals surface area contributed by atoms with Crippen LogP contribution in [0.1, 0.15) is 17.5 Å². The summed E-state index contributed by atoms with van der Waals surface area (Å²) >= 11 is 0. The quantitative estimate of drug-likeness (QED) is 0.556. The first-order valence-corrected chi connectivity index (χ1v) is 9.79. The van der Waals surface area contributed by atoms with Crippen molar-refractivity contribution in [3.63, 3.8) is 0 Å². The second-order valence-electron chi connectivity index (χ2n) is 7.17. The van der Waals surface area contributed by atoms with Gasteiger partial charge < -0.3 is 24.2 Å². The second-order valence-corrected chi connectivity index (χ2v) is 7.17. The number of hydrogen-bond acceptors (Lipinski definition) is 5. The van der Waals surface area contributed by atoms with Gasteiger partial charge in [0.2, 0.25) is 0 Å². The van der Waals surface area contributed by atoms with E-state index in [9.17, 15) is 4.79 Å². The van der Waals surface area contributed by atoms with Gasteiger partial charge in [0, 0.05) is 6.54 Å². The molecular formula is C23H31NO5. The molecule has 0 spiro atoms. The third kappa shape index (κ3) is 8.54. The minimum atomic E-state index is -0.864. The van der Waals surface area contributed by atoms with Crippen molar-refractivity contribution >= 4 is 5.97 Å². The molecule has 158 valence electrons. The van der Waals surface area contributed by atoms with Gasteiger partial charge >= 0.3 is 5.97 Å². The van der Waals surface area contributed by atoms with Crippen LogP contribution in [-0.2, 0) is 22.4 Å². The van der Waals surface area contributed by atoms with Crippen molar-refractivity contribution in [3.05, 3.63) is 59.7 Å². The van der Waals surface area contributed by atoms with E-state index in [1.807, 2.05) is 55.4 Å². The van der Waals surface area contributed by atoms with Crippen molar-refractivity contribution in [1.82, 2.24) is 4.90 Å². The Hall–Kier alpha value is -2.57. The first kappa shape index (κ1) is 22.7. The summed E-state index contributed by atoms with van der Waals surface area (Å²) in [6.07, 6.45) is 1.52. The lowest BCUT2D eigenvalue weighted by Gasteiger charge is -2.22. The Bertz CT molecular complexity index is 762. The van der Waals surface area contributed by atoms with Crippen LogP contribution < -0.4 is 9.47 Å². The highest BCUT2D eigenvalue weighted by Gasteiger charge is 2.14. The van der Waals surface area contributed by atoms with Gasteiger partial charge in [0.05, 0.1) is 20.1 Å². The summed E-state index contributed by atoms with van der Waals surface area (Å²) in [5.41, 5.74) is 2.34. The third-order valence-corrected chi connectivity index (χ3v) is 4.45. The molecule has 0 fully saturated rings. The summed E-state index contributed by atoms with van der Waals surface area (Å²) in [5.74, 6) is 0.829. The van der Waals surface area contributed by atoms with Crippen LogP contribution in [0.5, 0.6) is 11.5 Å². The molecule has 0 aromatic heterocycles. The topological polar surface area (TPSA) is 68.2 Å². The molecule has 0 aliphatic rings. The monoisotopic (exact) mass is 401 g/mol. The SMILES string of the molecule is COc1cccc(CCc2ccccc2OCC(CN(C)C)OCCC(=O)O)c1. The summed E-state index contributed by atoms with van der Waals surface area (Å²) < 4.78 is 17.1. The van der Waals surface area contributed by atoms with E-state index in [1.54, 1.807) is 7.11 Å². The number of nitrogens with zero attached hydrogens (tertiary/aromatic N) is 1. The van der Waals surface area contributed by atoms with Crippen molar-refractivity contribution in [3.8, 4) is 11.5 Å². The molecule has 0 radical (unpaired) electrons. The maximum Gasteiger partial charge on any atom is 0.305 e. The zero-order valence-electron chi connectivity index (χ0n) is 17.5. The molecule has 29 heavy (non-hydrogen) atoms. The molecule has 6 heteroatoms. The average Bonchev–Trinajstić information content (AvgIpc) is 2.70. The number of benzene rings is 2. The van der Waals surface area contributed by atoms with E-state index in [2.05, 4.69) is 12.1 Å². The number of hydrogen-bond donors (Lipinski definition) is 1. The Morgan fingerprint density at radius 3 is 2.62 bits per heavy atom. The maximum atomic E-state index is 10.7. The summed E-state index contributed by atoms with van der Waals surface area (Å²) in [6, 6.07) is 16.1. The number of para-hydroxylation sites is 1. The van der Waals surface area contributed by atoms with E-state index in [0.717, 1.165) is 29.9 Å². The molecule has 0 bridgehead atoms. The number of aliphatic carboxylic acids is 1. The Morgan fingerprint density at radius 2 is 1.90 bits per heavy atom. The van der Waals surface area contributed by atoms with Crippen molar-refractivity contribution in [2.75, 3.05) is 41.0 Å². The fraction of sp³-hybridized carbons (Fsp3) is 0.435. The molecule has 2 rings (SSSR count). The van der Waals surface area contributed by atoms with Gasteiger partial charge in [-0.3, -0.25) is 4.79 Å². The molecule has 0 aliphatic carbocycles. The smallest absolute Gasteiger partial charge is 0.305 e. The average molecular weight is 402 g/mol. The first-order chi connectivity index (χ1) is 14.0. The minimum absolute atomic E-state index is 0.0128. The predicted molar refractivity (Wildman–Crippen MR) is 113 cm³/mol. The summed E-state index contributed by atoms with van der Waals surface area (Å²) in [6.45, 7) is 1.20. The molecule has 0 saturated carbocycles. The van der Waals surface area contributed by atoms with Crippen molar-refractivity contribution in [1.29, 1.82) is 0 Å². The zero-order chi connectivity index (χ0) is 21.1. The Kier molecular flexibility index (Phi) is 9.47. The van der Waals surface area contributed by atoms with Gasteiger partial charge in [0.25, 0.3) is 0 Å². The summed E-state index contributed by atoms with van der Waals surface area (Å²) in [5, 5.41) is 8.81. The van der Waals surface area contributed by atoms with Crippen molar-refractivity contribution < 1.29 is 24.1 Å². The van der Waals surface area contributed by atoms with Gasteiger partial charge in [0.15, 0.2) is 0 Å². The first-order valence-electron chi connectivity index (χ1n) is 9.79. The molecule has 0 aliphatic heterocycles. The molecule has 0 amide bonds. The van der Waals surface area contributed by atoms with Gasteiger partial charge in [-0.1, -0.05) is 30.3 Å². The van der Waals surface area contributed by atoms with Crippen LogP contribution >= 0.6 is 0 Å². The van der Waals surface area contributed by atoms with Gasteiger partial charge in [-0.25, -0.2) is 0 Å². The summed E-state index contributed by atoms with van der Waals surface area (Å²) in [4.78, 5) is 12.7. The Balaban J connectivity index is 1.95. The molecule has 0 saturated heterocycles. The normalized spacial score (nSPS) is 12.0. The van der Waals surface area contributed by atoms with Gasteiger partial charge in [-0.05, 0) is 56.3 Å². The number of aryl methyl sites for hydroxylation is 2. The molecule has 0 heterocycles. The van der Waals surface area contributed by atoms with Crippen LogP contribution in [-0.4, -0.2) is 63.0 Å². The summed E-state index contributed by atoms with van der Waals surface area (Å²) in [7, 11) is 5.58. The number of carbonyl (C=O) groups is 1. The molecule has 2 aromatic carbocycles. The highest BCUT2D eigenvalue weighted by Crippen LogP contribution is 2.22. The van der Waals surface area contributed by atoms with Crippen LogP contribution in [0.4, 0.5) is 0 Å². The molecule has 1 N–H and O–H groups in total. The number of rotatable bonds is 13. The van der Waals surface area contributed by atoms with E-state index in [4.69, 9.17) is 19.3 Å². The van der Waals surface area contributed by atoms with Gasteiger partial charge in [-0.2, -0.15) is 0 Å². The predicted octanol–water partition coefficient (Wildman–Crippen LogP) is 3.28. The molecule has 1 unspecified atom stereocenters.